The lowest BCUT2D eigenvalue weighted by Crippen LogP contribution is -2.53. The van der Waals surface area contributed by atoms with E-state index in [0.717, 1.165) is 10.6 Å². The number of hydrogen-bond acceptors (Lipinski definition) is 3. The number of nitrogens with one attached hydrogen (secondary N) is 3. The van der Waals surface area contributed by atoms with Crippen molar-refractivity contribution in [2.24, 2.45) is 0 Å². The van der Waals surface area contributed by atoms with Crippen molar-refractivity contribution in [2.45, 2.75) is 6.42 Å². The van der Waals surface area contributed by atoms with Crippen LogP contribution in [0.4, 0.5) is 4.79 Å². The number of benzene rings is 1. The van der Waals surface area contributed by atoms with Gasteiger partial charge in [-0.25, -0.2) is 9.80 Å². The van der Waals surface area contributed by atoms with Gasteiger partial charge in [-0.3, -0.25) is 15.0 Å². The SMILES string of the molecule is CNC(=O)CN(NC(=O)Cc1ccccc1)C(=O)NC. The first-order valence-corrected chi connectivity index (χ1v) is 6.10. The quantitative estimate of drug-likeness (QED) is 0.657. The molecule has 0 aromatic heterocycles. The van der Waals surface area contributed by atoms with E-state index in [2.05, 4.69) is 16.1 Å². The molecule has 0 aliphatic rings. The lowest BCUT2D eigenvalue weighted by atomic mass is 10.1. The molecular formula is C13H18N4O3. The molecule has 1 aromatic rings. The van der Waals surface area contributed by atoms with Crippen LogP contribution in [0.2, 0.25) is 0 Å². The van der Waals surface area contributed by atoms with E-state index in [1.54, 1.807) is 0 Å². The van der Waals surface area contributed by atoms with Gasteiger partial charge < -0.3 is 10.6 Å². The molecule has 0 unspecified atom stereocenters. The standard InChI is InChI=1S/C13H18N4O3/c1-14-12(19)9-17(13(20)15-2)16-11(18)8-10-6-4-3-5-7-10/h3-7H,8-9H2,1-2H3,(H,14,19)(H,15,20)(H,16,18). The monoisotopic (exact) mass is 278 g/mol. The summed E-state index contributed by atoms with van der Waals surface area (Å²) in [5.74, 6) is -0.752. The molecule has 4 amide bonds. The van der Waals surface area contributed by atoms with E-state index < -0.39 is 6.03 Å². The molecule has 3 N–H and O–H groups in total. The van der Waals surface area contributed by atoms with Gasteiger partial charge in [-0.1, -0.05) is 30.3 Å². The molecule has 0 bridgehead atoms. The lowest BCUT2D eigenvalue weighted by molar-refractivity contribution is -0.126. The Bertz CT molecular complexity index is 476. The smallest absolute Gasteiger partial charge is 0.336 e. The first kappa shape index (κ1) is 15.5. The summed E-state index contributed by atoms with van der Waals surface area (Å²) in [7, 11) is 2.87. The number of urea groups is 1. The number of carbonyl (C=O) groups excluding carboxylic acids is 3. The number of rotatable bonds is 4. The van der Waals surface area contributed by atoms with Crippen molar-refractivity contribution >= 4 is 17.8 Å². The second-order valence-electron chi connectivity index (χ2n) is 4.01. The van der Waals surface area contributed by atoms with Crippen molar-refractivity contribution in [3.63, 3.8) is 0 Å². The van der Waals surface area contributed by atoms with E-state index in [1.807, 2.05) is 30.3 Å². The summed E-state index contributed by atoms with van der Waals surface area (Å²) < 4.78 is 0. The topological polar surface area (TPSA) is 90.5 Å². The summed E-state index contributed by atoms with van der Waals surface area (Å²) >= 11 is 0. The van der Waals surface area contributed by atoms with Gasteiger partial charge in [0.2, 0.25) is 11.8 Å². The summed E-state index contributed by atoms with van der Waals surface area (Å²) in [5.41, 5.74) is 3.22. The van der Waals surface area contributed by atoms with Crippen LogP contribution < -0.4 is 16.1 Å². The van der Waals surface area contributed by atoms with Crippen molar-refractivity contribution in [1.29, 1.82) is 0 Å². The Balaban J connectivity index is 2.62. The highest BCUT2D eigenvalue weighted by molar-refractivity contribution is 5.86. The van der Waals surface area contributed by atoms with Crippen LogP contribution in [0, 0.1) is 0 Å². The number of likely N-dealkylation sites (N-methyl/N-ethyl adjacent to an activating group) is 1. The Morgan fingerprint density at radius 1 is 1.00 bits per heavy atom. The minimum atomic E-state index is -0.560. The van der Waals surface area contributed by atoms with E-state index in [4.69, 9.17) is 0 Å². The van der Waals surface area contributed by atoms with Crippen molar-refractivity contribution in [3.8, 4) is 0 Å². The Morgan fingerprint density at radius 3 is 2.20 bits per heavy atom. The zero-order chi connectivity index (χ0) is 15.0. The third-order valence-electron chi connectivity index (χ3n) is 2.51. The van der Waals surface area contributed by atoms with E-state index in [1.165, 1.54) is 14.1 Å². The van der Waals surface area contributed by atoms with Crippen LogP contribution in [0.5, 0.6) is 0 Å². The molecule has 108 valence electrons. The van der Waals surface area contributed by atoms with Crippen LogP contribution in [-0.4, -0.2) is 43.5 Å². The third-order valence-corrected chi connectivity index (χ3v) is 2.51. The van der Waals surface area contributed by atoms with Gasteiger partial charge in [-0.2, -0.15) is 0 Å². The molecule has 0 atom stereocenters. The molecule has 1 aromatic carbocycles. The van der Waals surface area contributed by atoms with Crippen LogP contribution in [0.3, 0.4) is 0 Å². The van der Waals surface area contributed by atoms with Crippen molar-refractivity contribution in [3.05, 3.63) is 35.9 Å². The molecule has 0 fully saturated rings. The summed E-state index contributed by atoms with van der Waals surface area (Å²) in [4.78, 5) is 34.7. The fraction of sp³-hybridized carbons (Fsp3) is 0.308. The maximum atomic E-state index is 11.8. The molecular weight excluding hydrogens is 260 g/mol. The van der Waals surface area contributed by atoms with Gasteiger partial charge in [0.1, 0.15) is 6.54 Å². The molecule has 0 saturated carbocycles. The van der Waals surface area contributed by atoms with Gasteiger partial charge in [-0.05, 0) is 5.56 Å². The predicted octanol–water partition coefficient (Wildman–Crippen LogP) is -0.352. The number of hydrogen-bond donors (Lipinski definition) is 3. The number of hydrazine groups is 1. The molecule has 0 aliphatic carbocycles. The molecule has 0 aliphatic heterocycles. The first-order chi connectivity index (χ1) is 9.56. The van der Waals surface area contributed by atoms with E-state index in [9.17, 15) is 14.4 Å². The maximum absolute atomic E-state index is 11.8. The van der Waals surface area contributed by atoms with Gasteiger partial charge in [0.15, 0.2) is 0 Å². The van der Waals surface area contributed by atoms with Crippen molar-refractivity contribution in [2.75, 3.05) is 20.6 Å². The molecule has 7 heteroatoms. The Morgan fingerprint density at radius 2 is 1.65 bits per heavy atom. The number of carbonyl (C=O) groups is 3. The van der Waals surface area contributed by atoms with Crippen LogP contribution in [-0.2, 0) is 16.0 Å². The van der Waals surface area contributed by atoms with Crippen LogP contribution in [0.15, 0.2) is 30.3 Å². The van der Waals surface area contributed by atoms with Crippen LogP contribution in [0.1, 0.15) is 5.56 Å². The van der Waals surface area contributed by atoms with Gasteiger partial charge in [0.05, 0.1) is 6.42 Å². The largest absolute Gasteiger partial charge is 0.358 e. The first-order valence-electron chi connectivity index (χ1n) is 6.10. The fourth-order valence-electron chi connectivity index (χ4n) is 1.49. The second-order valence-corrected chi connectivity index (χ2v) is 4.01. The van der Waals surface area contributed by atoms with E-state index >= 15 is 0 Å². The summed E-state index contributed by atoms with van der Waals surface area (Å²) in [6.07, 6.45) is 0.127. The highest BCUT2D eigenvalue weighted by Crippen LogP contribution is 1.99. The number of amides is 4. The molecule has 0 radical (unpaired) electrons. The summed E-state index contributed by atoms with van der Waals surface area (Å²) in [6, 6.07) is 8.55. The highest BCUT2D eigenvalue weighted by Gasteiger charge is 2.17. The molecule has 0 spiro atoms. The van der Waals surface area contributed by atoms with Crippen LogP contribution in [0.25, 0.3) is 0 Å². The fourth-order valence-corrected chi connectivity index (χ4v) is 1.49. The molecule has 1 rings (SSSR count). The lowest BCUT2D eigenvalue weighted by Gasteiger charge is -2.21. The Hall–Kier alpha value is -2.57. The number of nitrogens with zero attached hydrogens (tertiary/aromatic N) is 1. The average molecular weight is 278 g/mol. The van der Waals surface area contributed by atoms with E-state index in [-0.39, 0.29) is 24.8 Å². The minimum Gasteiger partial charge on any atom is -0.358 e. The maximum Gasteiger partial charge on any atom is 0.336 e. The van der Waals surface area contributed by atoms with Gasteiger partial charge in [-0.15, -0.1) is 0 Å². The zero-order valence-electron chi connectivity index (χ0n) is 11.5. The van der Waals surface area contributed by atoms with Gasteiger partial charge in [0, 0.05) is 14.1 Å². The van der Waals surface area contributed by atoms with Gasteiger partial charge >= 0.3 is 6.03 Å². The molecule has 20 heavy (non-hydrogen) atoms. The summed E-state index contributed by atoms with van der Waals surface area (Å²) in [6.45, 7) is -0.253. The normalized spacial score (nSPS) is 9.50. The minimum absolute atomic E-state index is 0.127. The van der Waals surface area contributed by atoms with Crippen LogP contribution >= 0.6 is 0 Å². The van der Waals surface area contributed by atoms with E-state index in [0.29, 0.717) is 0 Å². The second kappa shape index (κ2) is 7.78. The Kier molecular flexibility index (Phi) is 6.02. The van der Waals surface area contributed by atoms with Crippen molar-refractivity contribution < 1.29 is 14.4 Å². The highest BCUT2D eigenvalue weighted by atomic mass is 16.2. The Labute approximate surface area is 117 Å². The molecule has 0 heterocycles. The third kappa shape index (κ3) is 4.97. The molecule has 7 nitrogen and oxygen atoms in total. The molecule has 0 saturated heterocycles. The predicted molar refractivity (Wildman–Crippen MR) is 73.5 cm³/mol. The average Bonchev–Trinajstić information content (AvgIpc) is 2.46. The van der Waals surface area contributed by atoms with Crippen molar-refractivity contribution in [1.82, 2.24) is 21.1 Å². The summed E-state index contributed by atoms with van der Waals surface area (Å²) in [5, 5.41) is 5.68. The zero-order valence-corrected chi connectivity index (χ0v) is 11.5. The van der Waals surface area contributed by atoms with Gasteiger partial charge in [0.25, 0.3) is 0 Å².